The number of carbonyl (C=O) groups excluding carboxylic acids is 1. The van der Waals surface area contributed by atoms with Crippen molar-refractivity contribution in [2.75, 3.05) is 26.9 Å². The summed E-state index contributed by atoms with van der Waals surface area (Å²) in [5.74, 6) is 0.0200. The van der Waals surface area contributed by atoms with Gasteiger partial charge in [0, 0.05) is 42.9 Å². The van der Waals surface area contributed by atoms with Crippen molar-refractivity contribution in [3.8, 4) is 0 Å². The number of rotatable bonds is 5. The maximum atomic E-state index is 12.8. The predicted molar refractivity (Wildman–Crippen MR) is 85.0 cm³/mol. The van der Waals surface area contributed by atoms with E-state index in [4.69, 9.17) is 4.74 Å². The number of aliphatic hydroxyl groups excluding tert-OH is 1. The Morgan fingerprint density at radius 2 is 2.27 bits per heavy atom. The SMILES string of the molecule is COCCn1ccc2c(C(=O)N3CCC[C@@H]3CO)cccc21. The van der Waals surface area contributed by atoms with Crippen LogP contribution >= 0.6 is 0 Å². The summed E-state index contributed by atoms with van der Waals surface area (Å²) in [6.45, 7) is 2.17. The van der Waals surface area contributed by atoms with Crippen LogP contribution in [0.5, 0.6) is 0 Å². The molecule has 1 N–H and O–H groups in total. The smallest absolute Gasteiger partial charge is 0.254 e. The third kappa shape index (κ3) is 2.62. The standard InChI is InChI=1S/C17H22N2O3/c1-22-11-10-18-9-7-14-15(5-2-6-16(14)18)17(21)19-8-3-4-13(19)12-20/h2,5-7,9,13,20H,3-4,8,10-12H2,1H3/t13-/m1/s1. The van der Waals surface area contributed by atoms with Crippen molar-refractivity contribution < 1.29 is 14.6 Å². The van der Waals surface area contributed by atoms with Crippen molar-refractivity contribution >= 4 is 16.8 Å². The van der Waals surface area contributed by atoms with Gasteiger partial charge in [-0.2, -0.15) is 0 Å². The molecule has 1 aliphatic rings. The van der Waals surface area contributed by atoms with E-state index in [-0.39, 0.29) is 18.6 Å². The third-order valence-corrected chi connectivity index (χ3v) is 4.43. The number of aromatic nitrogens is 1. The number of benzene rings is 1. The molecule has 0 radical (unpaired) electrons. The molecular weight excluding hydrogens is 280 g/mol. The zero-order valence-electron chi connectivity index (χ0n) is 12.9. The quantitative estimate of drug-likeness (QED) is 0.917. The molecule has 0 saturated carbocycles. The van der Waals surface area contributed by atoms with Crippen molar-refractivity contribution in [3.05, 3.63) is 36.0 Å². The lowest BCUT2D eigenvalue weighted by Gasteiger charge is -2.23. The lowest BCUT2D eigenvalue weighted by atomic mass is 10.1. The maximum absolute atomic E-state index is 12.8. The molecule has 22 heavy (non-hydrogen) atoms. The van der Waals surface area contributed by atoms with Crippen molar-refractivity contribution in [2.45, 2.75) is 25.4 Å². The first kappa shape index (κ1) is 15.1. The number of fused-ring (bicyclic) bond motifs is 1. The predicted octanol–water partition coefficient (Wildman–Crippen LogP) is 1.88. The van der Waals surface area contributed by atoms with Crippen LogP contribution in [0.1, 0.15) is 23.2 Å². The molecule has 0 spiro atoms. The van der Waals surface area contributed by atoms with E-state index in [1.807, 2.05) is 30.5 Å². The molecular formula is C17H22N2O3. The molecule has 1 atom stereocenters. The van der Waals surface area contributed by atoms with Gasteiger partial charge in [-0.3, -0.25) is 4.79 Å². The lowest BCUT2D eigenvalue weighted by molar-refractivity contribution is 0.0679. The normalized spacial score (nSPS) is 18.3. The Morgan fingerprint density at radius 3 is 3.05 bits per heavy atom. The molecule has 0 unspecified atom stereocenters. The zero-order chi connectivity index (χ0) is 15.5. The van der Waals surface area contributed by atoms with Gasteiger partial charge in [0.1, 0.15) is 0 Å². The molecule has 1 fully saturated rings. The van der Waals surface area contributed by atoms with Crippen LogP contribution in [-0.4, -0.2) is 53.4 Å². The van der Waals surface area contributed by atoms with Crippen molar-refractivity contribution in [2.24, 2.45) is 0 Å². The summed E-state index contributed by atoms with van der Waals surface area (Å²) >= 11 is 0. The van der Waals surface area contributed by atoms with Gasteiger partial charge in [-0.15, -0.1) is 0 Å². The van der Waals surface area contributed by atoms with Gasteiger partial charge in [-0.05, 0) is 31.0 Å². The Bertz CT molecular complexity index is 665. The number of aliphatic hydroxyl groups is 1. The second-order valence-electron chi connectivity index (χ2n) is 5.72. The molecule has 3 rings (SSSR count). The van der Waals surface area contributed by atoms with Crippen LogP contribution in [0.15, 0.2) is 30.5 Å². The fourth-order valence-electron chi connectivity index (χ4n) is 3.24. The molecule has 1 amide bonds. The van der Waals surface area contributed by atoms with E-state index in [1.165, 1.54) is 0 Å². The molecule has 1 aromatic heterocycles. The van der Waals surface area contributed by atoms with Gasteiger partial charge in [0.25, 0.3) is 5.91 Å². The Labute approximate surface area is 130 Å². The number of likely N-dealkylation sites (tertiary alicyclic amines) is 1. The highest BCUT2D eigenvalue weighted by Crippen LogP contribution is 2.25. The third-order valence-electron chi connectivity index (χ3n) is 4.43. The second-order valence-corrected chi connectivity index (χ2v) is 5.72. The largest absolute Gasteiger partial charge is 0.394 e. The number of carbonyl (C=O) groups is 1. The van der Waals surface area contributed by atoms with Gasteiger partial charge in [-0.25, -0.2) is 0 Å². The maximum Gasteiger partial charge on any atom is 0.254 e. The van der Waals surface area contributed by atoms with E-state index in [1.54, 1.807) is 12.0 Å². The minimum atomic E-state index is -0.0432. The van der Waals surface area contributed by atoms with E-state index < -0.39 is 0 Å². The number of nitrogens with zero attached hydrogens (tertiary/aromatic N) is 2. The monoisotopic (exact) mass is 302 g/mol. The highest BCUT2D eigenvalue weighted by Gasteiger charge is 2.29. The van der Waals surface area contributed by atoms with Gasteiger partial charge < -0.3 is 19.3 Å². The molecule has 118 valence electrons. The number of amides is 1. The molecule has 1 aromatic carbocycles. The van der Waals surface area contributed by atoms with Crippen LogP contribution in [0, 0.1) is 0 Å². The van der Waals surface area contributed by atoms with Gasteiger partial charge in [0.2, 0.25) is 0 Å². The van der Waals surface area contributed by atoms with Crippen LogP contribution in [0.2, 0.25) is 0 Å². The van der Waals surface area contributed by atoms with E-state index in [0.29, 0.717) is 12.2 Å². The highest BCUT2D eigenvalue weighted by molar-refractivity contribution is 6.06. The summed E-state index contributed by atoms with van der Waals surface area (Å²) in [6, 6.07) is 7.76. The molecule has 5 heteroatoms. The van der Waals surface area contributed by atoms with Gasteiger partial charge in [-0.1, -0.05) is 6.07 Å². The van der Waals surface area contributed by atoms with Gasteiger partial charge in [0.05, 0.1) is 19.3 Å². The summed E-state index contributed by atoms with van der Waals surface area (Å²) in [5.41, 5.74) is 1.76. The number of ether oxygens (including phenoxy) is 1. The van der Waals surface area contributed by atoms with Crippen molar-refractivity contribution in [3.63, 3.8) is 0 Å². The van der Waals surface area contributed by atoms with Gasteiger partial charge >= 0.3 is 0 Å². The number of hydrogen-bond acceptors (Lipinski definition) is 3. The topological polar surface area (TPSA) is 54.7 Å². The molecule has 0 aliphatic carbocycles. The summed E-state index contributed by atoms with van der Waals surface area (Å²) < 4.78 is 7.23. The molecule has 1 aliphatic heterocycles. The Hall–Kier alpha value is -1.85. The summed E-state index contributed by atoms with van der Waals surface area (Å²) in [4.78, 5) is 14.6. The van der Waals surface area contributed by atoms with Crippen LogP contribution in [0.4, 0.5) is 0 Å². The lowest BCUT2D eigenvalue weighted by Crippen LogP contribution is -2.37. The van der Waals surface area contributed by atoms with E-state index in [2.05, 4.69) is 4.57 Å². The minimum absolute atomic E-state index is 0.0200. The molecule has 1 saturated heterocycles. The van der Waals surface area contributed by atoms with Gasteiger partial charge in [0.15, 0.2) is 0 Å². The Balaban J connectivity index is 1.93. The summed E-state index contributed by atoms with van der Waals surface area (Å²) in [7, 11) is 1.68. The molecule has 2 heterocycles. The second kappa shape index (κ2) is 6.50. The van der Waals surface area contributed by atoms with Crippen LogP contribution in [-0.2, 0) is 11.3 Å². The minimum Gasteiger partial charge on any atom is -0.394 e. The van der Waals surface area contributed by atoms with E-state index >= 15 is 0 Å². The van der Waals surface area contributed by atoms with Crippen LogP contribution in [0.25, 0.3) is 10.9 Å². The fourth-order valence-corrected chi connectivity index (χ4v) is 3.24. The first-order chi connectivity index (χ1) is 10.8. The average Bonchev–Trinajstić information content (AvgIpc) is 3.18. The fraction of sp³-hybridized carbons (Fsp3) is 0.471. The molecule has 0 bridgehead atoms. The van der Waals surface area contributed by atoms with E-state index in [9.17, 15) is 9.90 Å². The highest BCUT2D eigenvalue weighted by atomic mass is 16.5. The summed E-state index contributed by atoms with van der Waals surface area (Å²) in [5, 5.41) is 10.4. The zero-order valence-corrected chi connectivity index (χ0v) is 12.9. The number of hydrogen-bond donors (Lipinski definition) is 1. The molecule has 2 aromatic rings. The van der Waals surface area contributed by atoms with Crippen molar-refractivity contribution in [1.29, 1.82) is 0 Å². The van der Waals surface area contributed by atoms with Crippen LogP contribution < -0.4 is 0 Å². The Morgan fingerprint density at radius 1 is 1.41 bits per heavy atom. The summed E-state index contributed by atoms with van der Waals surface area (Å²) in [6.07, 6.45) is 3.84. The van der Waals surface area contributed by atoms with Crippen molar-refractivity contribution in [1.82, 2.24) is 9.47 Å². The first-order valence-electron chi connectivity index (χ1n) is 7.75. The Kier molecular flexibility index (Phi) is 4.45. The van der Waals surface area contributed by atoms with E-state index in [0.717, 1.165) is 36.8 Å². The first-order valence-corrected chi connectivity index (χ1v) is 7.75. The molecule has 5 nitrogen and oxygen atoms in total. The number of methoxy groups -OCH3 is 1. The average molecular weight is 302 g/mol. The van der Waals surface area contributed by atoms with Crippen LogP contribution in [0.3, 0.4) is 0 Å².